The number of hydrogen-bond donors (Lipinski definition) is 0. The molecular formula is C20H22N2O4S. The van der Waals surface area contributed by atoms with Gasteiger partial charge >= 0.3 is 0 Å². The molecule has 0 saturated heterocycles. The lowest BCUT2D eigenvalue weighted by Gasteiger charge is -2.27. The third kappa shape index (κ3) is 2.78. The third-order valence-corrected chi connectivity index (χ3v) is 7.11. The molecule has 0 amide bonds. The van der Waals surface area contributed by atoms with Crippen LogP contribution in [0.4, 0.5) is 0 Å². The maximum absolute atomic E-state index is 13.2. The van der Waals surface area contributed by atoms with E-state index in [1.165, 1.54) is 26.0 Å². The van der Waals surface area contributed by atoms with Crippen molar-refractivity contribution in [2.75, 3.05) is 20.8 Å². The number of para-hydroxylation sites is 1. The second kappa shape index (κ2) is 6.58. The first kappa shape index (κ1) is 17.9. The van der Waals surface area contributed by atoms with Gasteiger partial charge in [0.05, 0.1) is 19.1 Å². The van der Waals surface area contributed by atoms with Crippen LogP contribution in [-0.2, 0) is 30.0 Å². The molecule has 27 heavy (non-hydrogen) atoms. The molecule has 142 valence electrons. The minimum Gasteiger partial charge on any atom is -0.493 e. The van der Waals surface area contributed by atoms with Gasteiger partial charge in [-0.25, -0.2) is 8.42 Å². The Morgan fingerprint density at radius 1 is 1.00 bits per heavy atom. The molecule has 0 bridgehead atoms. The van der Waals surface area contributed by atoms with E-state index in [9.17, 15) is 8.42 Å². The number of ether oxygens (including phenoxy) is 2. The minimum atomic E-state index is -3.63. The summed E-state index contributed by atoms with van der Waals surface area (Å²) in [4.78, 5) is 0.212. The molecule has 7 heteroatoms. The highest BCUT2D eigenvalue weighted by Gasteiger charge is 2.31. The number of benzene rings is 2. The Kier molecular flexibility index (Phi) is 4.36. The van der Waals surface area contributed by atoms with Gasteiger partial charge in [0.1, 0.15) is 0 Å². The number of sulfonamides is 1. The van der Waals surface area contributed by atoms with Gasteiger partial charge < -0.3 is 14.0 Å². The summed E-state index contributed by atoms with van der Waals surface area (Å²) in [5.41, 5.74) is 3.42. The lowest BCUT2D eigenvalue weighted by molar-refractivity contribution is 0.353. The molecule has 0 spiro atoms. The molecule has 2 aromatic carbocycles. The van der Waals surface area contributed by atoms with Crippen LogP contribution in [0.2, 0.25) is 0 Å². The molecule has 0 unspecified atom stereocenters. The average molecular weight is 386 g/mol. The lowest BCUT2D eigenvalue weighted by Crippen LogP contribution is -2.36. The van der Waals surface area contributed by atoms with Gasteiger partial charge in [-0.2, -0.15) is 4.31 Å². The van der Waals surface area contributed by atoms with Crippen LogP contribution >= 0.6 is 0 Å². The van der Waals surface area contributed by atoms with Gasteiger partial charge in [0, 0.05) is 49.2 Å². The zero-order chi connectivity index (χ0) is 19.2. The summed E-state index contributed by atoms with van der Waals surface area (Å²) in [6.07, 6.45) is 0.688. The van der Waals surface area contributed by atoms with Gasteiger partial charge in [-0.05, 0) is 23.8 Å². The van der Waals surface area contributed by atoms with Crippen molar-refractivity contribution < 1.29 is 17.9 Å². The first-order valence-corrected chi connectivity index (χ1v) is 10.2. The molecular weight excluding hydrogens is 364 g/mol. The largest absolute Gasteiger partial charge is 0.493 e. The molecule has 0 radical (unpaired) electrons. The summed E-state index contributed by atoms with van der Waals surface area (Å²) in [6.45, 7) is 0.821. The zero-order valence-corrected chi connectivity index (χ0v) is 16.4. The van der Waals surface area contributed by atoms with Crippen molar-refractivity contribution in [2.24, 2.45) is 7.05 Å². The second-order valence-corrected chi connectivity index (χ2v) is 8.54. The summed E-state index contributed by atoms with van der Waals surface area (Å²) >= 11 is 0. The maximum atomic E-state index is 13.2. The Hall–Kier alpha value is -2.51. The molecule has 0 atom stereocenters. The zero-order valence-electron chi connectivity index (χ0n) is 15.6. The van der Waals surface area contributed by atoms with Crippen LogP contribution in [0.15, 0.2) is 47.4 Å². The van der Waals surface area contributed by atoms with Gasteiger partial charge in [0.25, 0.3) is 0 Å². The molecule has 3 aromatic rings. The number of aryl methyl sites for hydroxylation is 1. The van der Waals surface area contributed by atoms with Gasteiger partial charge in [-0.15, -0.1) is 0 Å². The molecule has 0 N–H and O–H groups in total. The second-order valence-electron chi connectivity index (χ2n) is 6.61. The van der Waals surface area contributed by atoms with Crippen LogP contribution in [0.25, 0.3) is 10.9 Å². The van der Waals surface area contributed by atoms with Crippen molar-refractivity contribution >= 4 is 20.9 Å². The molecule has 4 rings (SSSR count). The van der Waals surface area contributed by atoms with Gasteiger partial charge in [-0.1, -0.05) is 18.2 Å². The van der Waals surface area contributed by atoms with Crippen molar-refractivity contribution in [1.29, 1.82) is 0 Å². The van der Waals surface area contributed by atoms with E-state index in [0.717, 1.165) is 16.5 Å². The SMILES string of the molecule is COc1ccc(S(=O)(=O)N2CCc3c(c4ccccc4n3C)C2)cc1OC. The highest BCUT2D eigenvalue weighted by atomic mass is 32.2. The molecule has 6 nitrogen and oxygen atoms in total. The van der Waals surface area contributed by atoms with Gasteiger partial charge in [-0.3, -0.25) is 0 Å². The van der Waals surface area contributed by atoms with Crippen LogP contribution in [0.3, 0.4) is 0 Å². The number of fused-ring (bicyclic) bond motifs is 3. The van der Waals surface area contributed by atoms with E-state index in [1.807, 2.05) is 19.2 Å². The predicted molar refractivity (Wildman–Crippen MR) is 104 cm³/mol. The van der Waals surface area contributed by atoms with E-state index in [0.29, 0.717) is 31.0 Å². The number of methoxy groups -OCH3 is 2. The summed E-state index contributed by atoms with van der Waals surface area (Å²) in [7, 11) is 1.43. The topological polar surface area (TPSA) is 60.8 Å². The number of nitrogens with zero attached hydrogens (tertiary/aromatic N) is 2. The summed E-state index contributed by atoms with van der Waals surface area (Å²) in [5.74, 6) is 0.910. The van der Waals surface area contributed by atoms with Crippen LogP contribution in [0, 0.1) is 0 Å². The fourth-order valence-corrected chi connectivity index (χ4v) is 5.26. The predicted octanol–water partition coefficient (Wildman–Crippen LogP) is 2.94. The van der Waals surface area contributed by atoms with E-state index in [1.54, 1.807) is 16.4 Å². The Labute approximate surface area is 159 Å². The van der Waals surface area contributed by atoms with Gasteiger partial charge in [0.2, 0.25) is 10.0 Å². The van der Waals surface area contributed by atoms with E-state index < -0.39 is 10.0 Å². The Morgan fingerprint density at radius 2 is 1.74 bits per heavy atom. The van der Waals surface area contributed by atoms with E-state index in [4.69, 9.17) is 9.47 Å². The van der Waals surface area contributed by atoms with E-state index in [-0.39, 0.29) is 4.90 Å². The molecule has 1 aromatic heterocycles. The maximum Gasteiger partial charge on any atom is 0.243 e. The summed E-state index contributed by atoms with van der Waals surface area (Å²) in [6, 6.07) is 12.8. The Morgan fingerprint density at radius 3 is 2.48 bits per heavy atom. The molecule has 2 heterocycles. The van der Waals surface area contributed by atoms with Crippen LogP contribution in [0.1, 0.15) is 11.3 Å². The standard InChI is InChI=1S/C20H22N2O4S/c1-21-17-7-5-4-6-15(17)16-13-22(11-10-18(16)21)27(23,24)14-8-9-19(25-2)20(12-14)26-3/h4-9,12H,10-11,13H2,1-3H3. The number of hydrogen-bond acceptors (Lipinski definition) is 4. The molecule has 0 aliphatic carbocycles. The fourth-order valence-electron chi connectivity index (χ4n) is 3.84. The monoisotopic (exact) mass is 386 g/mol. The normalized spacial score (nSPS) is 14.9. The summed E-state index contributed by atoms with van der Waals surface area (Å²) in [5, 5.41) is 1.11. The minimum absolute atomic E-state index is 0.212. The van der Waals surface area contributed by atoms with Crippen molar-refractivity contribution in [2.45, 2.75) is 17.9 Å². The van der Waals surface area contributed by atoms with Crippen molar-refractivity contribution in [3.8, 4) is 11.5 Å². The Bertz CT molecular complexity index is 1120. The van der Waals surface area contributed by atoms with E-state index >= 15 is 0 Å². The first-order valence-electron chi connectivity index (χ1n) is 8.74. The van der Waals surface area contributed by atoms with Crippen molar-refractivity contribution in [3.63, 3.8) is 0 Å². The number of aromatic nitrogens is 1. The average Bonchev–Trinajstić information content (AvgIpc) is 2.99. The first-order chi connectivity index (χ1) is 13.0. The van der Waals surface area contributed by atoms with Crippen LogP contribution in [0.5, 0.6) is 11.5 Å². The summed E-state index contributed by atoms with van der Waals surface area (Å²) < 4.78 is 40.7. The highest BCUT2D eigenvalue weighted by molar-refractivity contribution is 7.89. The number of rotatable bonds is 4. The van der Waals surface area contributed by atoms with Crippen molar-refractivity contribution in [3.05, 3.63) is 53.7 Å². The quantitative estimate of drug-likeness (QED) is 0.692. The van der Waals surface area contributed by atoms with E-state index in [2.05, 4.69) is 16.7 Å². The molecule has 0 saturated carbocycles. The molecule has 1 aliphatic rings. The smallest absolute Gasteiger partial charge is 0.243 e. The van der Waals surface area contributed by atoms with Crippen LogP contribution in [-0.4, -0.2) is 38.1 Å². The fraction of sp³-hybridized carbons (Fsp3) is 0.300. The lowest BCUT2D eigenvalue weighted by atomic mass is 10.1. The third-order valence-electron chi connectivity index (χ3n) is 5.27. The van der Waals surface area contributed by atoms with Crippen molar-refractivity contribution in [1.82, 2.24) is 8.87 Å². The molecule has 1 aliphatic heterocycles. The van der Waals surface area contributed by atoms with Gasteiger partial charge in [0.15, 0.2) is 11.5 Å². The highest BCUT2D eigenvalue weighted by Crippen LogP contribution is 2.34. The Balaban J connectivity index is 1.74. The van der Waals surface area contributed by atoms with Crippen LogP contribution < -0.4 is 9.47 Å². The molecule has 0 fully saturated rings.